The largest absolute Gasteiger partial charge is 0.508 e. The number of amides is 1. The molecule has 0 heterocycles. The minimum absolute atomic E-state index is 0.0471. The maximum atomic E-state index is 11.9. The molecule has 4 heteroatoms. The van der Waals surface area contributed by atoms with E-state index in [0.717, 1.165) is 5.56 Å². The molecule has 1 amide bonds. The van der Waals surface area contributed by atoms with Crippen LogP contribution in [0, 0.1) is 0 Å². The van der Waals surface area contributed by atoms with Crippen LogP contribution in [-0.4, -0.2) is 16.8 Å². The van der Waals surface area contributed by atoms with Crippen LogP contribution in [0.5, 0.6) is 5.75 Å². The minimum atomic E-state index is -0.198. The van der Waals surface area contributed by atoms with Gasteiger partial charge in [-0.15, -0.1) is 0 Å². The molecule has 0 spiro atoms. The third kappa shape index (κ3) is 3.68. The van der Waals surface area contributed by atoms with Crippen molar-refractivity contribution in [3.8, 4) is 5.75 Å². The Bertz CT molecular complexity index is 650. The van der Waals surface area contributed by atoms with E-state index >= 15 is 0 Å². The van der Waals surface area contributed by atoms with Gasteiger partial charge in [0.2, 0.25) is 5.91 Å². The molecule has 0 aliphatic carbocycles. The van der Waals surface area contributed by atoms with Gasteiger partial charge in [-0.25, -0.2) is 0 Å². The van der Waals surface area contributed by atoms with Crippen LogP contribution in [0.1, 0.15) is 22.8 Å². The summed E-state index contributed by atoms with van der Waals surface area (Å²) in [5.74, 6) is -0.112. The maximum absolute atomic E-state index is 11.9. The highest BCUT2D eigenvalue weighted by Crippen LogP contribution is 2.14. The Kier molecular flexibility index (Phi) is 4.15. The molecule has 4 nitrogen and oxygen atoms in total. The van der Waals surface area contributed by atoms with Gasteiger partial charge < -0.3 is 10.4 Å². The third-order valence-corrected chi connectivity index (χ3v) is 2.83. The van der Waals surface area contributed by atoms with Crippen LogP contribution in [0.15, 0.2) is 48.5 Å². The molecule has 2 rings (SSSR count). The molecule has 0 saturated carbocycles. The van der Waals surface area contributed by atoms with Crippen molar-refractivity contribution < 1.29 is 14.7 Å². The molecule has 0 radical (unpaired) electrons. The molecule has 2 aromatic carbocycles. The van der Waals surface area contributed by atoms with Crippen LogP contribution in [-0.2, 0) is 11.2 Å². The Morgan fingerprint density at radius 3 is 2.55 bits per heavy atom. The molecule has 0 bridgehead atoms. The number of Topliss-reactive ketones (excluding diaryl/α,β-unsaturated/α-hetero) is 1. The van der Waals surface area contributed by atoms with E-state index in [9.17, 15) is 14.7 Å². The number of hydrogen-bond donors (Lipinski definition) is 2. The number of nitrogens with one attached hydrogen (secondary N) is 1. The maximum Gasteiger partial charge on any atom is 0.228 e. The molecule has 20 heavy (non-hydrogen) atoms. The molecule has 102 valence electrons. The fourth-order valence-electron chi connectivity index (χ4n) is 1.87. The van der Waals surface area contributed by atoms with E-state index in [1.54, 1.807) is 48.5 Å². The molecule has 0 atom stereocenters. The highest BCUT2D eigenvalue weighted by Gasteiger charge is 2.06. The number of benzene rings is 2. The van der Waals surface area contributed by atoms with Crippen LogP contribution in [0.4, 0.5) is 5.69 Å². The average molecular weight is 269 g/mol. The Hall–Kier alpha value is -2.62. The van der Waals surface area contributed by atoms with Crippen LogP contribution in [0.3, 0.4) is 0 Å². The summed E-state index contributed by atoms with van der Waals surface area (Å²) in [5.41, 5.74) is 1.87. The van der Waals surface area contributed by atoms with Gasteiger partial charge in [0.05, 0.1) is 6.42 Å². The number of carbonyl (C=O) groups excluding carboxylic acids is 2. The normalized spacial score (nSPS) is 10.1. The van der Waals surface area contributed by atoms with Gasteiger partial charge in [0.1, 0.15) is 5.75 Å². The standard InChI is InChI=1S/C16H15NO3/c1-11(18)13-5-3-6-14(10-13)17-16(20)9-12-4-2-7-15(19)8-12/h2-8,10,19H,9H2,1H3,(H,17,20). The van der Waals surface area contributed by atoms with E-state index in [1.807, 2.05) is 0 Å². The number of phenols is 1. The van der Waals surface area contributed by atoms with E-state index in [4.69, 9.17) is 0 Å². The summed E-state index contributed by atoms with van der Waals surface area (Å²) in [4.78, 5) is 23.2. The second kappa shape index (κ2) is 6.02. The third-order valence-electron chi connectivity index (χ3n) is 2.83. The first-order chi connectivity index (χ1) is 9.54. The Balaban J connectivity index is 2.04. The second-order valence-corrected chi connectivity index (χ2v) is 4.53. The van der Waals surface area contributed by atoms with Crippen molar-refractivity contribution in [2.75, 3.05) is 5.32 Å². The van der Waals surface area contributed by atoms with Crippen LogP contribution >= 0.6 is 0 Å². The summed E-state index contributed by atoms with van der Waals surface area (Å²) in [6.45, 7) is 1.48. The summed E-state index contributed by atoms with van der Waals surface area (Å²) < 4.78 is 0. The lowest BCUT2D eigenvalue weighted by atomic mass is 10.1. The number of ketones is 1. The predicted molar refractivity (Wildman–Crippen MR) is 76.9 cm³/mol. The Morgan fingerprint density at radius 1 is 1.10 bits per heavy atom. The topological polar surface area (TPSA) is 66.4 Å². The molecule has 0 unspecified atom stereocenters. The second-order valence-electron chi connectivity index (χ2n) is 4.53. The fraction of sp³-hybridized carbons (Fsp3) is 0.125. The summed E-state index contributed by atoms with van der Waals surface area (Å²) in [5, 5.41) is 12.1. The van der Waals surface area contributed by atoms with E-state index < -0.39 is 0 Å². The lowest BCUT2D eigenvalue weighted by Gasteiger charge is -2.06. The van der Waals surface area contributed by atoms with E-state index in [0.29, 0.717) is 11.3 Å². The van der Waals surface area contributed by atoms with Crippen molar-refractivity contribution in [3.63, 3.8) is 0 Å². The quantitative estimate of drug-likeness (QED) is 0.839. The van der Waals surface area contributed by atoms with Crippen LogP contribution < -0.4 is 5.32 Å². The fourth-order valence-corrected chi connectivity index (χ4v) is 1.87. The zero-order valence-electron chi connectivity index (χ0n) is 11.1. The van der Waals surface area contributed by atoms with Gasteiger partial charge in [-0.3, -0.25) is 9.59 Å². The summed E-state index contributed by atoms with van der Waals surface area (Å²) >= 11 is 0. The Morgan fingerprint density at radius 2 is 1.85 bits per heavy atom. The minimum Gasteiger partial charge on any atom is -0.508 e. The monoisotopic (exact) mass is 269 g/mol. The van der Waals surface area contributed by atoms with Crippen molar-refractivity contribution in [3.05, 3.63) is 59.7 Å². The number of rotatable bonds is 4. The zero-order valence-corrected chi connectivity index (χ0v) is 11.1. The Labute approximate surface area is 117 Å². The van der Waals surface area contributed by atoms with Crippen molar-refractivity contribution in [1.82, 2.24) is 0 Å². The first kappa shape index (κ1) is 13.8. The lowest BCUT2D eigenvalue weighted by Crippen LogP contribution is -2.14. The first-order valence-corrected chi connectivity index (χ1v) is 6.23. The summed E-state index contributed by atoms with van der Waals surface area (Å²) in [7, 11) is 0. The number of phenolic OH excluding ortho intramolecular Hbond substituents is 1. The molecule has 0 saturated heterocycles. The van der Waals surface area contributed by atoms with Gasteiger partial charge in [0.25, 0.3) is 0 Å². The van der Waals surface area contributed by atoms with E-state index in [2.05, 4.69) is 5.32 Å². The van der Waals surface area contributed by atoms with E-state index in [1.165, 1.54) is 6.92 Å². The van der Waals surface area contributed by atoms with Crippen molar-refractivity contribution in [2.24, 2.45) is 0 Å². The van der Waals surface area contributed by atoms with Crippen molar-refractivity contribution >= 4 is 17.4 Å². The molecule has 2 aromatic rings. The zero-order chi connectivity index (χ0) is 14.5. The number of anilines is 1. The molecule has 2 N–H and O–H groups in total. The first-order valence-electron chi connectivity index (χ1n) is 6.23. The van der Waals surface area contributed by atoms with Gasteiger partial charge in [-0.1, -0.05) is 24.3 Å². The number of aromatic hydroxyl groups is 1. The van der Waals surface area contributed by atoms with Gasteiger partial charge in [-0.2, -0.15) is 0 Å². The summed E-state index contributed by atoms with van der Waals surface area (Å²) in [6.07, 6.45) is 0.165. The SMILES string of the molecule is CC(=O)c1cccc(NC(=O)Cc2cccc(O)c2)c1. The van der Waals surface area contributed by atoms with Crippen molar-refractivity contribution in [1.29, 1.82) is 0 Å². The molecular weight excluding hydrogens is 254 g/mol. The summed E-state index contributed by atoms with van der Waals surface area (Å²) in [6, 6.07) is 13.4. The van der Waals surface area contributed by atoms with Crippen molar-refractivity contribution in [2.45, 2.75) is 13.3 Å². The van der Waals surface area contributed by atoms with Gasteiger partial charge in [0, 0.05) is 11.3 Å². The van der Waals surface area contributed by atoms with E-state index in [-0.39, 0.29) is 23.9 Å². The average Bonchev–Trinajstić information content (AvgIpc) is 2.38. The molecule has 0 aromatic heterocycles. The van der Waals surface area contributed by atoms with Crippen LogP contribution in [0.2, 0.25) is 0 Å². The van der Waals surface area contributed by atoms with Gasteiger partial charge in [0.15, 0.2) is 5.78 Å². The van der Waals surface area contributed by atoms with Gasteiger partial charge >= 0.3 is 0 Å². The van der Waals surface area contributed by atoms with Gasteiger partial charge in [-0.05, 0) is 36.8 Å². The highest BCUT2D eigenvalue weighted by atomic mass is 16.3. The molecule has 0 aliphatic heterocycles. The number of hydrogen-bond acceptors (Lipinski definition) is 3. The molecular formula is C16H15NO3. The molecule has 0 fully saturated rings. The lowest BCUT2D eigenvalue weighted by molar-refractivity contribution is -0.115. The van der Waals surface area contributed by atoms with Crippen LogP contribution in [0.25, 0.3) is 0 Å². The number of carbonyl (C=O) groups is 2. The highest BCUT2D eigenvalue weighted by molar-refractivity contribution is 5.97. The predicted octanol–water partition coefficient (Wildman–Crippen LogP) is 2.78. The molecule has 0 aliphatic rings. The smallest absolute Gasteiger partial charge is 0.228 e.